The Morgan fingerprint density at radius 3 is 2.31 bits per heavy atom. The summed E-state index contributed by atoms with van der Waals surface area (Å²) in [5, 5.41) is 62.2. The standard InChI is InChI=1S/C48H62N8O16/c1-70-43(46(66)67)41(62)42(63)47(68)72-36-12-10-31(24-34(36)54-39(59)16-21-52-44(64)35(26-49)55-38(58)14-15-40(60)61)28-71-48(69)53-33-9-4-8-32(25-33)45(65)56-22-17-29(18-23-56)6-2-3-20-51-37(57)13-11-30-7-5-19-50-27-30/h4-5,7-13,19,24-25,27,29,35,41-43,47,62-63,68H,2-3,6,14-18,20-23,26,28,49H2,1H3,(H,51,57)(H,52,64)(H,53,69)(H,54,59)(H,55,58)(H,60,61)(H,66,67)/b13-11+/t35?,41?,42?,43?,47-/m1/s1. The summed E-state index contributed by atoms with van der Waals surface area (Å²) in [7, 11) is 0.958. The van der Waals surface area contributed by atoms with E-state index in [1.165, 1.54) is 30.3 Å². The van der Waals surface area contributed by atoms with Gasteiger partial charge >= 0.3 is 18.0 Å². The lowest BCUT2D eigenvalue weighted by Gasteiger charge is -2.32. The van der Waals surface area contributed by atoms with Crippen molar-refractivity contribution in [2.45, 2.75) is 88.6 Å². The van der Waals surface area contributed by atoms with Gasteiger partial charge in [0.1, 0.15) is 30.6 Å². The van der Waals surface area contributed by atoms with Crippen LogP contribution in [0.2, 0.25) is 0 Å². The molecule has 3 aromatic rings. The lowest BCUT2D eigenvalue weighted by molar-refractivity contribution is -0.184. The first-order valence-electron chi connectivity index (χ1n) is 23.0. The molecule has 0 spiro atoms. The fraction of sp³-hybridized carbons (Fsp3) is 0.438. The van der Waals surface area contributed by atoms with Crippen LogP contribution in [-0.4, -0.2) is 153 Å². The topological polar surface area (TPSA) is 368 Å². The quantitative estimate of drug-likeness (QED) is 0.0274. The van der Waals surface area contributed by atoms with Gasteiger partial charge in [-0.1, -0.05) is 31.0 Å². The van der Waals surface area contributed by atoms with Gasteiger partial charge in [0.2, 0.25) is 29.9 Å². The van der Waals surface area contributed by atoms with Gasteiger partial charge in [-0.2, -0.15) is 0 Å². The predicted molar refractivity (Wildman–Crippen MR) is 257 cm³/mol. The Bertz CT molecular complexity index is 2350. The van der Waals surface area contributed by atoms with Gasteiger partial charge in [0.15, 0.2) is 6.10 Å². The van der Waals surface area contributed by atoms with Crippen molar-refractivity contribution in [1.82, 2.24) is 25.8 Å². The molecular weight excluding hydrogens is 945 g/mol. The summed E-state index contributed by atoms with van der Waals surface area (Å²) in [5.74, 6) is -5.31. The van der Waals surface area contributed by atoms with Crippen LogP contribution in [0.3, 0.4) is 0 Å². The van der Waals surface area contributed by atoms with Gasteiger partial charge in [0, 0.05) is 82.4 Å². The molecule has 6 amide bonds. The molecule has 4 unspecified atom stereocenters. The number of aliphatic hydroxyl groups excluding tert-OH is 3. The van der Waals surface area contributed by atoms with E-state index in [0.717, 1.165) is 44.8 Å². The van der Waals surface area contributed by atoms with Gasteiger partial charge in [-0.15, -0.1) is 0 Å². The number of aliphatic carboxylic acids is 2. The number of carbonyl (C=O) groups is 8. The van der Waals surface area contributed by atoms with E-state index in [1.54, 1.807) is 47.6 Å². The Kier molecular flexibility index (Phi) is 23.5. The number of carbonyl (C=O) groups excluding carboxylic acids is 6. The summed E-state index contributed by atoms with van der Waals surface area (Å²) in [5.41, 5.74) is 7.15. The third-order valence-corrected chi connectivity index (χ3v) is 11.2. The third-order valence-electron chi connectivity index (χ3n) is 11.2. The van der Waals surface area contributed by atoms with Gasteiger partial charge in [-0.05, 0) is 78.8 Å². The highest BCUT2D eigenvalue weighted by Gasteiger charge is 2.37. The number of carboxylic acids is 2. The molecule has 390 valence electrons. The first-order valence-corrected chi connectivity index (χ1v) is 23.0. The summed E-state index contributed by atoms with van der Waals surface area (Å²) in [6.45, 7) is 0.684. The molecule has 2 aromatic carbocycles. The second-order valence-corrected chi connectivity index (χ2v) is 16.6. The van der Waals surface area contributed by atoms with Crippen molar-refractivity contribution in [3.8, 4) is 5.75 Å². The zero-order valence-electron chi connectivity index (χ0n) is 39.6. The van der Waals surface area contributed by atoms with E-state index in [-0.39, 0.29) is 54.0 Å². The number of hydrogen-bond donors (Lipinski definition) is 11. The van der Waals surface area contributed by atoms with E-state index < -0.39 is 85.8 Å². The summed E-state index contributed by atoms with van der Waals surface area (Å²) in [6, 6.07) is 12.6. The zero-order chi connectivity index (χ0) is 52.6. The highest BCUT2D eigenvalue weighted by molar-refractivity contribution is 5.97. The average Bonchev–Trinajstić information content (AvgIpc) is 3.36. The summed E-state index contributed by atoms with van der Waals surface area (Å²) in [4.78, 5) is 104. The van der Waals surface area contributed by atoms with Gasteiger partial charge in [-0.3, -0.25) is 39.1 Å². The highest BCUT2D eigenvalue weighted by Crippen LogP contribution is 2.29. The van der Waals surface area contributed by atoms with Crippen molar-refractivity contribution in [3.63, 3.8) is 0 Å². The molecule has 0 bridgehead atoms. The largest absolute Gasteiger partial charge is 0.481 e. The molecule has 1 aliphatic heterocycles. The fourth-order valence-corrected chi connectivity index (χ4v) is 7.27. The monoisotopic (exact) mass is 1010 g/mol. The minimum Gasteiger partial charge on any atom is -0.481 e. The molecule has 4 rings (SSSR count). The number of methoxy groups -OCH3 is 1. The lowest BCUT2D eigenvalue weighted by atomic mass is 9.91. The molecule has 5 atom stereocenters. The average molecular weight is 1010 g/mol. The van der Waals surface area contributed by atoms with E-state index in [0.29, 0.717) is 31.1 Å². The second kappa shape index (κ2) is 29.6. The van der Waals surface area contributed by atoms with Crippen LogP contribution in [0.4, 0.5) is 16.2 Å². The van der Waals surface area contributed by atoms with Crippen LogP contribution in [0.25, 0.3) is 6.08 Å². The molecule has 0 radical (unpaired) electrons. The molecule has 1 saturated heterocycles. The van der Waals surface area contributed by atoms with Gasteiger partial charge in [0.25, 0.3) is 5.91 Å². The van der Waals surface area contributed by atoms with Crippen molar-refractivity contribution >= 4 is 65.0 Å². The van der Waals surface area contributed by atoms with E-state index in [4.69, 9.17) is 20.3 Å². The van der Waals surface area contributed by atoms with Crippen molar-refractivity contribution in [1.29, 1.82) is 0 Å². The number of pyridine rings is 1. The van der Waals surface area contributed by atoms with Crippen LogP contribution in [0, 0.1) is 5.92 Å². The van der Waals surface area contributed by atoms with E-state index in [9.17, 15) is 58.8 Å². The van der Waals surface area contributed by atoms with Crippen LogP contribution in [0.5, 0.6) is 5.75 Å². The number of amides is 6. The van der Waals surface area contributed by atoms with Crippen LogP contribution in [0.15, 0.2) is 73.1 Å². The maximum Gasteiger partial charge on any atom is 0.411 e. The van der Waals surface area contributed by atoms with Crippen molar-refractivity contribution in [2.24, 2.45) is 11.7 Å². The summed E-state index contributed by atoms with van der Waals surface area (Å²) < 4.78 is 15.5. The number of aliphatic hydroxyl groups is 3. The number of rotatable bonds is 28. The smallest absolute Gasteiger partial charge is 0.411 e. The zero-order valence-corrected chi connectivity index (χ0v) is 39.6. The Labute approximate surface area is 414 Å². The number of anilines is 2. The Hall–Kier alpha value is -7.51. The van der Waals surface area contributed by atoms with E-state index >= 15 is 0 Å². The molecule has 72 heavy (non-hydrogen) atoms. The van der Waals surface area contributed by atoms with E-state index in [1.807, 2.05) is 6.07 Å². The summed E-state index contributed by atoms with van der Waals surface area (Å²) >= 11 is 0. The van der Waals surface area contributed by atoms with E-state index in [2.05, 4.69) is 36.3 Å². The fourth-order valence-electron chi connectivity index (χ4n) is 7.27. The first kappa shape index (κ1) is 57.1. The minimum absolute atomic E-state index is 0.164. The first-order chi connectivity index (χ1) is 34.5. The number of likely N-dealkylation sites (tertiary alicyclic amines) is 1. The molecule has 24 nitrogen and oxygen atoms in total. The van der Waals surface area contributed by atoms with Crippen LogP contribution in [0.1, 0.15) is 72.9 Å². The number of aromatic nitrogens is 1. The van der Waals surface area contributed by atoms with Crippen molar-refractivity contribution < 1.29 is 78.1 Å². The van der Waals surface area contributed by atoms with Crippen molar-refractivity contribution in [2.75, 3.05) is 50.5 Å². The number of nitrogens with zero attached hydrogens (tertiary/aromatic N) is 2. The molecule has 2 heterocycles. The van der Waals surface area contributed by atoms with Gasteiger partial charge in [0.05, 0.1) is 12.1 Å². The molecule has 1 aliphatic rings. The molecular formula is C48H62N8O16. The number of unbranched alkanes of at least 4 members (excludes halogenated alkanes) is 1. The normalized spacial score (nSPS) is 14.7. The Morgan fingerprint density at radius 2 is 1.62 bits per heavy atom. The molecule has 0 saturated carbocycles. The number of nitrogens with two attached hydrogens (primary N) is 1. The minimum atomic E-state index is -2.27. The second-order valence-electron chi connectivity index (χ2n) is 16.6. The SMILES string of the molecule is COC(C(=O)O)C(O)C(O)[C@H](O)Oc1ccc(COC(=O)Nc2cccc(C(=O)N3CCC(CCCCNC(=O)/C=C/c4cccnc4)CC3)c2)cc1NC(=O)CCNC(=O)C(CN)NC(=O)CCC(=O)O. The van der Waals surface area contributed by atoms with Gasteiger partial charge < -0.3 is 71.6 Å². The maximum absolute atomic E-state index is 13.5. The number of piperidine rings is 1. The maximum atomic E-state index is 13.5. The number of nitrogens with one attached hydrogen (secondary N) is 5. The predicted octanol–water partition coefficient (Wildman–Crippen LogP) is 0.954. The highest BCUT2D eigenvalue weighted by atomic mass is 16.6. The number of carboxylic acid groups (broad SMARTS) is 2. The Morgan fingerprint density at radius 1 is 0.861 bits per heavy atom. The van der Waals surface area contributed by atoms with Crippen LogP contribution < -0.4 is 37.1 Å². The third kappa shape index (κ3) is 19.4. The molecule has 0 aliphatic carbocycles. The molecule has 12 N–H and O–H groups in total. The Balaban J connectivity index is 1.30. The number of benzene rings is 2. The van der Waals surface area contributed by atoms with Crippen LogP contribution >= 0.6 is 0 Å². The van der Waals surface area contributed by atoms with Crippen molar-refractivity contribution in [3.05, 3.63) is 89.8 Å². The molecule has 1 fully saturated rings. The molecule has 24 heteroatoms. The molecule has 1 aromatic heterocycles. The lowest BCUT2D eigenvalue weighted by Crippen LogP contribution is -2.51. The number of ether oxygens (including phenoxy) is 3. The van der Waals surface area contributed by atoms with Crippen LogP contribution in [-0.2, 0) is 44.8 Å². The number of hydrogen-bond acceptors (Lipinski definition) is 16. The summed E-state index contributed by atoms with van der Waals surface area (Å²) in [6.07, 6.45) is 0.154. The van der Waals surface area contributed by atoms with Gasteiger partial charge in [-0.25, -0.2) is 9.59 Å².